The van der Waals surface area contributed by atoms with Crippen LogP contribution in [0, 0.1) is 0 Å². The normalized spacial score (nSPS) is 10.1. The van der Waals surface area contributed by atoms with Gasteiger partial charge in [-0.2, -0.15) is 0 Å². The molecule has 0 saturated heterocycles. The molecule has 114 valence electrons. The fraction of sp³-hybridized carbons (Fsp3) is 0.308. The highest BCUT2D eigenvalue weighted by Crippen LogP contribution is 2.14. The molecule has 0 bridgehead atoms. The molecule has 8 nitrogen and oxygen atoms in total. The number of esters is 1. The summed E-state index contributed by atoms with van der Waals surface area (Å²) in [4.78, 5) is 33.7. The lowest BCUT2D eigenvalue weighted by atomic mass is 10.0. The number of hydrogen-bond donors (Lipinski definition) is 3. The van der Waals surface area contributed by atoms with E-state index in [0.717, 1.165) is 18.2 Å². The molecule has 1 aromatic rings. The number of aliphatic hydroxyl groups excluding tert-OH is 1. The first-order valence-electron chi connectivity index (χ1n) is 5.93. The zero-order valence-electron chi connectivity index (χ0n) is 10.9. The molecule has 3 N–H and O–H groups in total. The van der Waals surface area contributed by atoms with Crippen molar-refractivity contribution in [3.63, 3.8) is 0 Å². The largest absolute Gasteiger partial charge is 0.478 e. The summed E-state index contributed by atoms with van der Waals surface area (Å²) in [6.45, 7) is -0.188. The topological polar surface area (TPSA) is 130 Å². The monoisotopic (exact) mass is 298 g/mol. The quantitative estimate of drug-likeness (QED) is 0.460. The molecule has 0 unspecified atom stereocenters. The molecule has 0 fully saturated rings. The summed E-state index contributed by atoms with van der Waals surface area (Å²) in [5.74, 6) is -3.61. The zero-order valence-corrected chi connectivity index (χ0v) is 10.9. The molecule has 8 heteroatoms. The van der Waals surface area contributed by atoms with Crippen LogP contribution in [0.3, 0.4) is 0 Å². The van der Waals surface area contributed by atoms with Crippen molar-refractivity contribution in [3.8, 4) is 0 Å². The van der Waals surface area contributed by atoms with E-state index in [1.165, 1.54) is 0 Å². The van der Waals surface area contributed by atoms with Gasteiger partial charge in [-0.15, -0.1) is 0 Å². The van der Waals surface area contributed by atoms with Crippen molar-refractivity contribution in [2.24, 2.45) is 0 Å². The van der Waals surface area contributed by atoms with Crippen molar-refractivity contribution in [2.45, 2.75) is 0 Å². The minimum atomic E-state index is -1.37. The second-order valence-electron chi connectivity index (χ2n) is 3.84. The van der Waals surface area contributed by atoms with Crippen molar-refractivity contribution in [3.05, 3.63) is 34.9 Å². The Morgan fingerprint density at radius 3 is 2.24 bits per heavy atom. The highest BCUT2D eigenvalue weighted by Gasteiger charge is 2.20. The van der Waals surface area contributed by atoms with Gasteiger partial charge >= 0.3 is 17.9 Å². The molecule has 0 atom stereocenters. The van der Waals surface area contributed by atoms with Crippen LogP contribution in [0.1, 0.15) is 31.1 Å². The average molecular weight is 298 g/mol. The molecule has 0 amide bonds. The number of rotatable bonds is 8. The highest BCUT2D eigenvalue weighted by molar-refractivity contribution is 6.04. The molecule has 21 heavy (non-hydrogen) atoms. The Hall–Kier alpha value is -2.45. The van der Waals surface area contributed by atoms with Crippen LogP contribution < -0.4 is 0 Å². The summed E-state index contributed by atoms with van der Waals surface area (Å²) in [7, 11) is 0. The van der Waals surface area contributed by atoms with E-state index in [1.54, 1.807) is 0 Å². The van der Waals surface area contributed by atoms with E-state index in [-0.39, 0.29) is 43.1 Å². The maximum atomic E-state index is 11.8. The standard InChI is InChI=1S/C13H14O8/c14-3-4-20-5-6-21-13(19)10-7-8(11(15)16)1-2-9(10)12(17)18/h1-2,7,14H,3-6H2,(H,15,16)(H,17,18). The van der Waals surface area contributed by atoms with Gasteiger partial charge in [0.15, 0.2) is 0 Å². The van der Waals surface area contributed by atoms with Gasteiger partial charge in [0.1, 0.15) is 6.61 Å². The van der Waals surface area contributed by atoms with Crippen LogP contribution in [-0.4, -0.2) is 59.7 Å². The predicted octanol–water partition coefficient (Wildman–Crippen LogP) is 0.249. The number of carboxylic acid groups (broad SMARTS) is 2. The molecule has 0 heterocycles. The minimum Gasteiger partial charge on any atom is -0.478 e. The third kappa shape index (κ3) is 4.86. The molecule has 0 aromatic heterocycles. The van der Waals surface area contributed by atoms with E-state index in [9.17, 15) is 14.4 Å². The maximum Gasteiger partial charge on any atom is 0.339 e. The van der Waals surface area contributed by atoms with E-state index >= 15 is 0 Å². The summed E-state index contributed by atoms with van der Waals surface area (Å²) in [5.41, 5.74) is -0.908. The summed E-state index contributed by atoms with van der Waals surface area (Å²) in [6.07, 6.45) is 0. The lowest BCUT2D eigenvalue weighted by Crippen LogP contribution is -2.16. The Labute approximate surface area is 119 Å². The van der Waals surface area contributed by atoms with Crippen LogP contribution >= 0.6 is 0 Å². The van der Waals surface area contributed by atoms with Gasteiger partial charge in [0.2, 0.25) is 0 Å². The van der Waals surface area contributed by atoms with Crippen LogP contribution in [0.25, 0.3) is 0 Å². The smallest absolute Gasteiger partial charge is 0.339 e. The molecular weight excluding hydrogens is 284 g/mol. The lowest BCUT2D eigenvalue weighted by molar-refractivity contribution is 0.0255. The third-order valence-corrected chi connectivity index (χ3v) is 2.41. The average Bonchev–Trinajstić information content (AvgIpc) is 2.46. The van der Waals surface area contributed by atoms with Gasteiger partial charge < -0.3 is 24.8 Å². The fourth-order valence-electron chi connectivity index (χ4n) is 1.47. The molecule has 0 aliphatic carbocycles. The van der Waals surface area contributed by atoms with E-state index in [1.807, 2.05) is 0 Å². The molecule has 1 aromatic carbocycles. The van der Waals surface area contributed by atoms with Crippen LogP contribution in [0.15, 0.2) is 18.2 Å². The predicted molar refractivity (Wildman–Crippen MR) is 68.5 cm³/mol. The summed E-state index contributed by atoms with van der Waals surface area (Å²) < 4.78 is 9.67. The van der Waals surface area contributed by atoms with E-state index in [2.05, 4.69) is 0 Å². The van der Waals surface area contributed by atoms with Gasteiger partial charge in [-0.1, -0.05) is 0 Å². The van der Waals surface area contributed by atoms with Crippen LogP contribution in [0.5, 0.6) is 0 Å². The SMILES string of the molecule is O=C(O)c1ccc(C(=O)O)c(C(=O)OCCOCCO)c1. The number of carboxylic acids is 2. The number of aliphatic hydroxyl groups is 1. The molecular formula is C13H14O8. The first-order valence-corrected chi connectivity index (χ1v) is 5.93. The number of carbonyl (C=O) groups is 3. The van der Waals surface area contributed by atoms with Gasteiger partial charge in [-0.3, -0.25) is 0 Å². The van der Waals surface area contributed by atoms with Gasteiger partial charge in [0.05, 0.1) is 36.5 Å². The Morgan fingerprint density at radius 1 is 0.952 bits per heavy atom. The van der Waals surface area contributed by atoms with Gasteiger partial charge in [-0.25, -0.2) is 14.4 Å². The zero-order chi connectivity index (χ0) is 15.8. The van der Waals surface area contributed by atoms with Gasteiger partial charge in [-0.05, 0) is 18.2 Å². The van der Waals surface area contributed by atoms with Crippen LogP contribution in [-0.2, 0) is 9.47 Å². The second kappa shape index (κ2) is 7.98. The molecule has 0 aliphatic rings. The van der Waals surface area contributed by atoms with Gasteiger partial charge in [0, 0.05) is 0 Å². The summed E-state index contributed by atoms with van der Waals surface area (Å²) in [6, 6.07) is 3.07. The number of hydrogen-bond acceptors (Lipinski definition) is 6. The first-order chi connectivity index (χ1) is 9.97. The van der Waals surface area contributed by atoms with Crippen molar-refractivity contribution >= 4 is 17.9 Å². The Kier molecular flexibility index (Phi) is 6.31. The number of aromatic carboxylic acids is 2. The van der Waals surface area contributed by atoms with Crippen molar-refractivity contribution in [1.82, 2.24) is 0 Å². The summed E-state index contributed by atoms with van der Waals surface area (Å²) >= 11 is 0. The van der Waals surface area contributed by atoms with Crippen molar-refractivity contribution < 1.29 is 39.2 Å². The van der Waals surface area contributed by atoms with Crippen molar-refractivity contribution in [2.75, 3.05) is 26.4 Å². The Morgan fingerprint density at radius 2 is 1.67 bits per heavy atom. The summed E-state index contributed by atoms with van der Waals surface area (Å²) in [5, 5.41) is 26.3. The molecule has 0 aliphatic heterocycles. The lowest BCUT2D eigenvalue weighted by Gasteiger charge is -2.08. The molecule has 0 spiro atoms. The van der Waals surface area contributed by atoms with Crippen LogP contribution in [0.2, 0.25) is 0 Å². The fourth-order valence-corrected chi connectivity index (χ4v) is 1.47. The van der Waals surface area contributed by atoms with Gasteiger partial charge in [0.25, 0.3) is 0 Å². The highest BCUT2D eigenvalue weighted by atomic mass is 16.6. The molecule has 1 rings (SSSR count). The van der Waals surface area contributed by atoms with E-state index < -0.39 is 17.9 Å². The molecule has 0 radical (unpaired) electrons. The Balaban J connectivity index is 2.82. The number of ether oxygens (including phenoxy) is 2. The third-order valence-electron chi connectivity index (χ3n) is 2.41. The van der Waals surface area contributed by atoms with E-state index in [0.29, 0.717) is 0 Å². The minimum absolute atomic E-state index is 0.0350. The number of benzene rings is 1. The first kappa shape index (κ1) is 16.6. The maximum absolute atomic E-state index is 11.8. The number of carbonyl (C=O) groups excluding carboxylic acids is 1. The molecule has 0 saturated carbocycles. The second-order valence-corrected chi connectivity index (χ2v) is 3.84. The van der Waals surface area contributed by atoms with Crippen LogP contribution in [0.4, 0.5) is 0 Å². The van der Waals surface area contributed by atoms with E-state index in [4.69, 9.17) is 24.8 Å². The Bertz CT molecular complexity index is 537. The van der Waals surface area contributed by atoms with Crippen molar-refractivity contribution in [1.29, 1.82) is 0 Å².